The quantitative estimate of drug-likeness (QED) is 0.830. The van der Waals surface area contributed by atoms with Gasteiger partial charge < -0.3 is 0 Å². The van der Waals surface area contributed by atoms with E-state index in [0.29, 0.717) is 19.1 Å². The van der Waals surface area contributed by atoms with E-state index in [9.17, 15) is 13.2 Å². The third-order valence-corrected chi connectivity index (χ3v) is 4.16. The Morgan fingerprint density at radius 1 is 1.13 bits per heavy atom. The SMILES string of the molecule is CC(C)N1CCN(Cc2ccc(N(O)O)cc2C(F)(F)F)CC1. The first-order chi connectivity index (χ1) is 10.7. The summed E-state index contributed by atoms with van der Waals surface area (Å²) in [5.74, 6) is 0. The van der Waals surface area contributed by atoms with Crippen LogP contribution in [0.1, 0.15) is 25.0 Å². The van der Waals surface area contributed by atoms with Crippen LogP contribution in [0.3, 0.4) is 0 Å². The van der Waals surface area contributed by atoms with Gasteiger partial charge >= 0.3 is 6.18 Å². The molecule has 0 aliphatic carbocycles. The molecule has 0 amide bonds. The number of alkyl halides is 3. The number of halogens is 3. The monoisotopic (exact) mass is 333 g/mol. The maximum atomic E-state index is 13.2. The summed E-state index contributed by atoms with van der Waals surface area (Å²) < 4.78 is 39.6. The summed E-state index contributed by atoms with van der Waals surface area (Å²) in [5.41, 5.74) is -1.01. The fourth-order valence-electron chi connectivity index (χ4n) is 2.77. The molecule has 1 saturated heterocycles. The largest absolute Gasteiger partial charge is 0.416 e. The molecule has 1 heterocycles. The van der Waals surface area contributed by atoms with E-state index in [2.05, 4.69) is 18.7 Å². The first-order valence-corrected chi connectivity index (χ1v) is 7.53. The molecule has 1 aromatic carbocycles. The zero-order valence-electron chi connectivity index (χ0n) is 13.2. The molecule has 1 aliphatic rings. The van der Waals surface area contributed by atoms with E-state index < -0.39 is 11.7 Å². The molecule has 0 unspecified atom stereocenters. The van der Waals surface area contributed by atoms with Crippen molar-refractivity contribution < 1.29 is 23.6 Å². The zero-order chi connectivity index (χ0) is 17.2. The van der Waals surface area contributed by atoms with Gasteiger partial charge in [-0.25, -0.2) is 0 Å². The van der Waals surface area contributed by atoms with E-state index in [0.717, 1.165) is 19.2 Å². The summed E-state index contributed by atoms with van der Waals surface area (Å²) in [4.78, 5) is 4.28. The van der Waals surface area contributed by atoms with Crippen LogP contribution in [0.2, 0.25) is 0 Å². The molecular weight excluding hydrogens is 311 g/mol. The lowest BCUT2D eigenvalue weighted by Crippen LogP contribution is -2.48. The predicted molar refractivity (Wildman–Crippen MR) is 79.5 cm³/mol. The second-order valence-corrected chi connectivity index (χ2v) is 6.03. The summed E-state index contributed by atoms with van der Waals surface area (Å²) in [6, 6.07) is 3.74. The van der Waals surface area contributed by atoms with Crippen LogP contribution in [-0.2, 0) is 12.7 Å². The lowest BCUT2D eigenvalue weighted by atomic mass is 10.0. The Hall–Kier alpha value is -1.35. The van der Waals surface area contributed by atoms with Crippen molar-refractivity contribution in [1.82, 2.24) is 9.80 Å². The zero-order valence-corrected chi connectivity index (χ0v) is 13.2. The summed E-state index contributed by atoms with van der Waals surface area (Å²) >= 11 is 0. The number of rotatable bonds is 4. The van der Waals surface area contributed by atoms with Gasteiger partial charge in [0.2, 0.25) is 0 Å². The highest BCUT2D eigenvalue weighted by molar-refractivity contribution is 5.48. The summed E-state index contributed by atoms with van der Waals surface area (Å²) in [7, 11) is 0. The summed E-state index contributed by atoms with van der Waals surface area (Å²) in [5, 5.41) is 17.5. The fraction of sp³-hybridized carbons (Fsp3) is 0.600. The number of nitrogens with zero attached hydrogens (tertiary/aromatic N) is 3. The molecule has 130 valence electrons. The Balaban J connectivity index is 2.14. The van der Waals surface area contributed by atoms with E-state index in [1.807, 2.05) is 4.90 Å². The number of hydrogen-bond donors (Lipinski definition) is 2. The van der Waals surface area contributed by atoms with Gasteiger partial charge in [0, 0.05) is 38.8 Å². The maximum Gasteiger partial charge on any atom is 0.416 e. The minimum atomic E-state index is -4.54. The van der Waals surface area contributed by atoms with E-state index in [1.54, 1.807) is 0 Å². The van der Waals surface area contributed by atoms with Crippen LogP contribution in [-0.4, -0.2) is 52.4 Å². The van der Waals surface area contributed by atoms with Crippen LogP contribution in [0.4, 0.5) is 18.9 Å². The highest BCUT2D eigenvalue weighted by Crippen LogP contribution is 2.35. The minimum Gasteiger partial charge on any atom is -0.298 e. The first kappa shape index (κ1) is 18.0. The van der Waals surface area contributed by atoms with Gasteiger partial charge in [0.15, 0.2) is 0 Å². The Morgan fingerprint density at radius 2 is 1.74 bits per heavy atom. The molecule has 5 nitrogen and oxygen atoms in total. The average molecular weight is 333 g/mol. The van der Waals surface area contributed by atoms with E-state index in [-0.39, 0.29) is 23.0 Å². The topological polar surface area (TPSA) is 50.2 Å². The Labute approximate surface area is 133 Å². The van der Waals surface area contributed by atoms with Crippen LogP contribution >= 0.6 is 0 Å². The lowest BCUT2D eigenvalue weighted by Gasteiger charge is -2.37. The van der Waals surface area contributed by atoms with Crippen molar-refractivity contribution in [2.24, 2.45) is 0 Å². The normalized spacial score (nSPS) is 17.7. The number of hydrogen-bond acceptors (Lipinski definition) is 5. The molecular formula is C15H22F3N3O2. The van der Waals surface area contributed by atoms with Gasteiger partial charge in [-0.1, -0.05) is 6.07 Å². The molecule has 0 bridgehead atoms. The standard InChI is InChI=1S/C15H22F3N3O2/c1-11(2)20-7-5-19(6-8-20)10-12-3-4-13(21(22)23)9-14(12)15(16,17)18/h3-4,9,11,22-23H,5-8,10H2,1-2H3. The van der Waals surface area contributed by atoms with Crippen LogP contribution in [0.15, 0.2) is 18.2 Å². The molecule has 2 rings (SSSR count). The van der Waals surface area contributed by atoms with Gasteiger partial charge in [0.05, 0.1) is 11.3 Å². The second kappa shape index (κ2) is 7.04. The third kappa shape index (κ3) is 4.57. The van der Waals surface area contributed by atoms with Gasteiger partial charge in [-0.2, -0.15) is 13.2 Å². The fourth-order valence-corrected chi connectivity index (χ4v) is 2.77. The smallest absolute Gasteiger partial charge is 0.298 e. The highest BCUT2D eigenvalue weighted by Gasteiger charge is 2.34. The summed E-state index contributed by atoms with van der Waals surface area (Å²) in [6.45, 7) is 7.48. The predicted octanol–water partition coefficient (Wildman–Crippen LogP) is 2.82. The summed E-state index contributed by atoms with van der Waals surface area (Å²) in [6.07, 6.45) is -4.54. The van der Waals surface area contributed by atoms with E-state index in [1.165, 1.54) is 12.1 Å². The van der Waals surface area contributed by atoms with Crippen molar-refractivity contribution in [3.05, 3.63) is 29.3 Å². The van der Waals surface area contributed by atoms with Gasteiger partial charge in [0.1, 0.15) is 0 Å². The molecule has 8 heteroatoms. The van der Waals surface area contributed by atoms with Gasteiger partial charge in [-0.15, -0.1) is 5.23 Å². The van der Waals surface area contributed by atoms with Crippen molar-refractivity contribution in [3.63, 3.8) is 0 Å². The first-order valence-electron chi connectivity index (χ1n) is 7.53. The number of benzene rings is 1. The molecule has 0 atom stereocenters. The molecule has 23 heavy (non-hydrogen) atoms. The molecule has 2 N–H and O–H groups in total. The molecule has 1 aromatic rings. The molecule has 0 saturated carbocycles. The number of anilines is 1. The Bertz CT molecular complexity index is 527. The highest BCUT2D eigenvalue weighted by atomic mass is 19.4. The van der Waals surface area contributed by atoms with Crippen molar-refractivity contribution >= 4 is 5.69 Å². The Morgan fingerprint density at radius 3 is 2.22 bits per heavy atom. The van der Waals surface area contributed by atoms with Gasteiger partial charge in [-0.05, 0) is 31.5 Å². The average Bonchev–Trinajstić information content (AvgIpc) is 2.46. The van der Waals surface area contributed by atoms with Crippen molar-refractivity contribution in [3.8, 4) is 0 Å². The molecule has 1 fully saturated rings. The van der Waals surface area contributed by atoms with Crippen molar-refractivity contribution in [2.75, 3.05) is 31.4 Å². The van der Waals surface area contributed by atoms with Crippen molar-refractivity contribution in [2.45, 2.75) is 32.6 Å². The molecule has 0 aromatic heterocycles. The Kier molecular flexibility index (Phi) is 5.51. The van der Waals surface area contributed by atoms with Crippen LogP contribution in [0, 0.1) is 0 Å². The van der Waals surface area contributed by atoms with E-state index >= 15 is 0 Å². The van der Waals surface area contributed by atoms with Crippen LogP contribution in [0.25, 0.3) is 0 Å². The maximum absolute atomic E-state index is 13.2. The lowest BCUT2D eigenvalue weighted by molar-refractivity contribution is -0.138. The van der Waals surface area contributed by atoms with Gasteiger partial charge in [0.25, 0.3) is 0 Å². The number of piperazine rings is 1. The van der Waals surface area contributed by atoms with Crippen LogP contribution in [0.5, 0.6) is 0 Å². The molecule has 1 aliphatic heterocycles. The van der Waals surface area contributed by atoms with E-state index in [4.69, 9.17) is 10.4 Å². The second-order valence-electron chi connectivity index (χ2n) is 6.03. The molecule has 0 spiro atoms. The molecule has 0 radical (unpaired) electrons. The van der Waals surface area contributed by atoms with Crippen LogP contribution < -0.4 is 5.23 Å². The third-order valence-electron chi connectivity index (χ3n) is 4.16. The minimum absolute atomic E-state index is 0.140. The van der Waals surface area contributed by atoms with Crippen molar-refractivity contribution in [1.29, 1.82) is 0 Å². The van der Waals surface area contributed by atoms with Gasteiger partial charge in [-0.3, -0.25) is 20.2 Å².